The Kier molecular flexibility index (Phi) is 6.91. The first-order valence-electron chi connectivity index (χ1n) is 9.42. The first kappa shape index (κ1) is 19.3. The van der Waals surface area contributed by atoms with Crippen LogP contribution in [0.4, 0.5) is 15.3 Å². The SMILES string of the molecule is O=C(NCC#Cc1ccc(N2CCNC2=O)cc1)NCCCc1ccccc1. The van der Waals surface area contributed by atoms with Gasteiger partial charge >= 0.3 is 12.1 Å². The maximum Gasteiger partial charge on any atom is 0.321 e. The van der Waals surface area contributed by atoms with Gasteiger partial charge in [-0.15, -0.1) is 0 Å². The van der Waals surface area contributed by atoms with Crippen molar-refractivity contribution < 1.29 is 9.59 Å². The van der Waals surface area contributed by atoms with Crippen LogP contribution in [0.2, 0.25) is 0 Å². The Hall–Kier alpha value is -3.46. The summed E-state index contributed by atoms with van der Waals surface area (Å²) in [5.74, 6) is 5.94. The van der Waals surface area contributed by atoms with Gasteiger partial charge in [0.15, 0.2) is 0 Å². The van der Waals surface area contributed by atoms with Gasteiger partial charge in [0.25, 0.3) is 0 Å². The second-order valence-electron chi connectivity index (χ2n) is 6.43. The van der Waals surface area contributed by atoms with E-state index in [9.17, 15) is 9.59 Å². The zero-order valence-corrected chi connectivity index (χ0v) is 15.7. The molecule has 0 radical (unpaired) electrons. The molecule has 2 aromatic carbocycles. The third kappa shape index (κ3) is 5.78. The van der Waals surface area contributed by atoms with Crippen LogP contribution in [-0.4, -0.2) is 38.2 Å². The highest BCUT2D eigenvalue weighted by molar-refractivity contribution is 5.94. The van der Waals surface area contributed by atoms with E-state index in [1.807, 2.05) is 42.5 Å². The summed E-state index contributed by atoms with van der Waals surface area (Å²) in [6, 6.07) is 17.4. The number of carbonyl (C=O) groups is 2. The van der Waals surface area contributed by atoms with Crippen molar-refractivity contribution >= 4 is 17.7 Å². The number of aryl methyl sites for hydroxylation is 1. The molecule has 3 rings (SSSR count). The lowest BCUT2D eigenvalue weighted by molar-refractivity contribution is 0.242. The number of hydrogen-bond acceptors (Lipinski definition) is 2. The van der Waals surface area contributed by atoms with E-state index in [0.29, 0.717) is 19.6 Å². The van der Waals surface area contributed by atoms with Crippen molar-refractivity contribution in [3.8, 4) is 11.8 Å². The van der Waals surface area contributed by atoms with E-state index in [4.69, 9.17) is 0 Å². The predicted molar refractivity (Wildman–Crippen MR) is 110 cm³/mol. The average Bonchev–Trinajstić information content (AvgIpc) is 3.16. The molecule has 2 aromatic rings. The van der Waals surface area contributed by atoms with Crippen LogP contribution in [0, 0.1) is 11.8 Å². The van der Waals surface area contributed by atoms with E-state index in [2.05, 4.69) is 39.9 Å². The number of urea groups is 2. The number of anilines is 1. The summed E-state index contributed by atoms with van der Waals surface area (Å²) in [7, 11) is 0. The van der Waals surface area contributed by atoms with Crippen molar-refractivity contribution in [2.75, 3.05) is 31.1 Å². The third-order valence-corrected chi connectivity index (χ3v) is 4.38. The quantitative estimate of drug-likeness (QED) is 0.535. The Morgan fingerprint density at radius 2 is 1.86 bits per heavy atom. The zero-order chi connectivity index (χ0) is 19.6. The minimum atomic E-state index is -0.210. The molecule has 4 amide bonds. The molecule has 1 heterocycles. The van der Waals surface area contributed by atoms with Crippen molar-refractivity contribution in [3.63, 3.8) is 0 Å². The van der Waals surface area contributed by atoms with Gasteiger partial charge < -0.3 is 16.0 Å². The first-order valence-corrected chi connectivity index (χ1v) is 9.42. The van der Waals surface area contributed by atoms with E-state index in [1.165, 1.54) is 5.56 Å². The molecule has 6 heteroatoms. The Bertz CT molecular complexity index is 854. The molecule has 0 aliphatic carbocycles. The number of amides is 4. The summed E-state index contributed by atoms with van der Waals surface area (Å²) in [5, 5.41) is 8.34. The van der Waals surface area contributed by atoms with E-state index >= 15 is 0 Å². The zero-order valence-electron chi connectivity index (χ0n) is 15.7. The topological polar surface area (TPSA) is 73.5 Å². The molecule has 1 fully saturated rings. The van der Waals surface area contributed by atoms with Gasteiger partial charge in [0.05, 0.1) is 6.54 Å². The molecule has 0 unspecified atom stereocenters. The molecule has 0 aromatic heterocycles. The number of hydrogen-bond donors (Lipinski definition) is 3. The number of nitrogens with one attached hydrogen (secondary N) is 3. The van der Waals surface area contributed by atoms with E-state index in [0.717, 1.165) is 24.1 Å². The largest absolute Gasteiger partial charge is 0.338 e. The third-order valence-electron chi connectivity index (χ3n) is 4.38. The molecular formula is C22H24N4O2. The Morgan fingerprint density at radius 1 is 1.07 bits per heavy atom. The smallest absolute Gasteiger partial charge is 0.321 e. The first-order chi connectivity index (χ1) is 13.7. The summed E-state index contributed by atoms with van der Waals surface area (Å²) in [4.78, 5) is 25.1. The molecule has 0 atom stereocenters. The van der Waals surface area contributed by atoms with Gasteiger partial charge in [0.1, 0.15) is 0 Å². The molecule has 1 saturated heterocycles. The molecule has 0 bridgehead atoms. The molecular weight excluding hydrogens is 352 g/mol. The highest BCUT2D eigenvalue weighted by Crippen LogP contribution is 2.16. The summed E-state index contributed by atoms with van der Waals surface area (Å²) in [6.07, 6.45) is 1.83. The Morgan fingerprint density at radius 3 is 2.57 bits per heavy atom. The van der Waals surface area contributed by atoms with Gasteiger partial charge in [-0.05, 0) is 42.7 Å². The van der Waals surface area contributed by atoms with Crippen molar-refractivity contribution in [1.82, 2.24) is 16.0 Å². The minimum absolute atomic E-state index is 0.0715. The fourth-order valence-corrected chi connectivity index (χ4v) is 2.92. The number of rotatable bonds is 6. The Balaban J connectivity index is 1.34. The number of benzene rings is 2. The number of nitrogens with zero attached hydrogens (tertiary/aromatic N) is 1. The molecule has 0 spiro atoms. The van der Waals surface area contributed by atoms with Crippen molar-refractivity contribution in [2.45, 2.75) is 12.8 Å². The summed E-state index contributed by atoms with van der Waals surface area (Å²) >= 11 is 0. The Labute approximate surface area is 165 Å². The van der Waals surface area contributed by atoms with Gasteiger partial charge in [0, 0.05) is 30.9 Å². The second kappa shape index (κ2) is 10.0. The summed E-state index contributed by atoms with van der Waals surface area (Å²) in [5.41, 5.74) is 2.97. The highest BCUT2D eigenvalue weighted by Gasteiger charge is 2.20. The molecule has 1 aliphatic heterocycles. The number of carbonyl (C=O) groups excluding carboxylic acids is 2. The van der Waals surface area contributed by atoms with E-state index in [-0.39, 0.29) is 18.6 Å². The van der Waals surface area contributed by atoms with Gasteiger partial charge in [0.2, 0.25) is 0 Å². The monoisotopic (exact) mass is 376 g/mol. The molecule has 1 aliphatic rings. The molecule has 6 nitrogen and oxygen atoms in total. The summed E-state index contributed by atoms with van der Waals surface area (Å²) in [6.45, 7) is 2.25. The van der Waals surface area contributed by atoms with Crippen molar-refractivity contribution in [3.05, 3.63) is 65.7 Å². The maximum absolute atomic E-state index is 11.8. The normalized spacial score (nSPS) is 12.7. The van der Waals surface area contributed by atoms with Gasteiger partial charge in [-0.1, -0.05) is 42.2 Å². The summed E-state index contributed by atoms with van der Waals surface area (Å²) < 4.78 is 0. The van der Waals surface area contributed by atoms with Crippen molar-refractivity contribution in [2.24, 2.45) is 0 Å². The molecule has 0 saturated carbocycles. The van der Waals surface area contributed by atoms with E-state index in [1.54, 1.807) is 4.90 Å². The van der Waals surface area contributed by atoms with Crippen LogP contribution in [0.5, 0.6) is 0 Å². The average molecular weight is 376 g/mol. The molecule has 3 N–H and O–H groups in total. The van der Waals surface area contributed by atoms with Gasteiger partial charge in [-0.3, -0.25) is 4.90 Å². The van der Waals surface area contributed by atoms with Gasteiger partial charge in [-0.25, -0.2) is 9.59 Å². The lowest BCUT2D eigenvalue weighted by Crippen LogP contribution is -2.36. The van der Waals surface area contributed by atoms with Crippen molar-refractivity contribution in [1.29, 1.82) is 0 Å². The van der Waals surface area contributed by atoms with Crippen LogP contribution in [0.1, 0.15) is 17.5 Å². The molecule has 144 valence electrons. The van der Waals surface area contributed by atoms with Crippen LogP contribution in [0.25, 0.3) is 0 Å². The minimum Gasteiger partial charge on any atom is -0.338 e. The van der Waals surface area contributed by atoms with Crippen LogP contribution in [-0.2, 0) is 6.42 Å². The maximum atomic E-state index is 11.8. The molecule has 28 heavy (non-hydrogen) atoms. The second-order valence-corrected chi connectivity index (χ2v) is 6.43. The lowest BCUT2D eigenvalue weighted by atomic mass is 10.1. The van der Waals surface area contributed by atoms with Crippen LogP contribution in [0.15, 0.2) is 54.6 Å². The lowest BCUT2D eigenvalue weighted by Gasteiger charge is -2.13. The van der Waals surface area contributed by atoms with Gasteiger partial charge in [-0.2, -0.15) is 0 Å². The standard InChI is InChI=1S/C22H24N4O2/c27-21(23-14-4-8-18-6-2-1-3-7-18)24-15-5-9-19-10-12-20(13-11-19)26-17-16-25-22(26)28/h1-3,6-7,10-13H,4,8,14-17H2,(H,25,28)(H2,23,24,27). The van der Waals surface area contributed by atoms with E-state index < -0.39 is 0 Å². The fourth-order valence-electron chi connectivity index (χ4n) is 2.92. The van der Waals surface area contributed by atoms with Crippen LogP contribution in [0.3, 0.4) is 0 Å². The fraction of sp³-hybridized carbons (Fsp3) is 0.273. The van der Waals surface area contributed by atoms with Crippen LogP contribution >= 0.6 is 0 Å². The van der Waals surface area contributed by atoms with Crippen LogP contribution < -0.4 is 20.9 Å². The predicted octanol–water partition coefficient (Wildman–Crippen LogP) is 2.50. The highest BCUT2D eigenvalue weighted by atomic mass is 16.2.